The van der Waals surface area contributed by atoms with Crippen molar-refractivity contribution in [3.05, 3.63) is 23.2 Å². The van der Waals surface area contributed by atoms with Gasteiger partial charge in [0.15, 0.2) is 5.82 Å². The number of rotatable bonds is 3. The second-order valence-corrected chi connectivity index (χ2v) is 5.08. The largest absolute Gasteiger partial charge is 0.399 e. The van der Waals surface area contributed by atoms with Crippen molar-refractivity contribution >= 4 is 17.3 Å². The van der Waals surface area contributed by atoms with Crippen LogP contribution in [0.5, 0.6) is 0 Å². The van der Waals surface area contributed by atoms with Gasteiger partial charge in [0, 0.05) is 11.3 Å². The summed E-state index contributed by atoms with van der Waals surface area (Å²) in [4.78, 5) is 0. The fourth-order valence-corrected chi connectivity index (χ4v) is 1.84. The van der Waals surface area contributed by atoms with E-state index in [2.05, 4.69) is 36.3 Å². The highest BCUT2D eigenvalue weighted by Crippen LogP contribution is 2.30. The molecule has 2 rings (SSSR count). The molecule has 18 heavy (non-hydrogen) atoms. The number of nitrogen functional groups attached to an aromatic ring is 1. The number of aromatic nitrogens is 4. The molecule has 0 radical (unpaired) electrons. The first-order valence-electron chi connectivity index (χ1n) is 5.84. The van der Waals surface area contributed by atoms with Crippen molar-refractivity contribution in [2.75, 3.05) is 5.73 Å². The Morgan fingerprint density at radius 3 is 2.67 bits per heavy atom. The Balaban J connectivity index is 2.52. The number of nitrogens with zero attached hydrogens (tertiary/aromatic N) is 4. The van der Waals surface area contributed by atoms with Crippen LogP contribution in [-0.4, -0.2) is 20.2 Å². The van der Waals surface area contributed by atoms with Crippen LogP contribution in [0.4, 0.5) is 5.69 Å². The number of hydrogen-bond acceptors (Lipinski definition) is 4. The molecule has 1 aromatic carbocycles. The summed E-state index contributed by atoms with van der Waals surface area (Å²) in [6, 6.07) is 5.49. The minimum Gasteiger partial charge on any atom is -0.399 e. The summed E-state index contributed by atoms with van der Waals surface area (Å²) in [7, 11) is 0. The topological polar surface area (TPSA) is 69.6 Å². The van der Waals surface area contributed by atoms with E-state index in [1.54, 1.807) is 22.9 Å². The van der Waals surface area contributed by atoms with Crippen molar-refractivity contribution in [2.45, 2.75) is 26.8 Å². The fraction of sp³-hybridized carbons (Fsp3) is 0.417. The number of benzene rings is 1. The van der Waals surface area contributed by atoms with Gasteiger partial charge in [-0.25, -0.2) is 4.68 Å². The van der Waals surface area contributed by atoms with Crippen molar-refractivity contribution in [1.82, 2.24) is 20.2 Å². The van der Waals surface area contributed by atoms with Gasteiger partial charge >= 0.3 is 0 Å². The van der Waals surface area contributed by atoms with Crippen LogP contribution in [0.15, 0.2) is 18.2 Å². The van der Waals surface area contributed by atoms with E-state index >= 15 is 0 Å². The van der Waals surface area contributed by atoms with Crippen molar-refractivity contribution in [1.29, 1.82) is 0 Å². The number of anilines is 1. The third kappa shape index (κ3) is 2.31. The lowest BCUT2D eigenvalue weighted by Gasteiger charge is -2.17. The SMILES string of the molecule is CC(C)C(C)n1nnnc1-c1cc(N)ccc1Cl. The third-order valence-electron chi connectivity index (χ3n) is 3.07. The van der Waals surface area contributed by atoms with Gasteiger partial charge < -0.3 is 5.73 Å². The summed E-state index contributed by atoms with van der Waals surface area (Å²) in [5, 5.41) is 12.4. The van der Waals surface area contributed by atoms with Crippen molar-refractivity contribution in [2.24, 2.45) is 5.92 Å². The Morgan fingerprint density at radius 2 is 2.00 bits per heavy atom. The Hall–Kier alpha value is -1.62. The average molecular weight is 266 g/mol. The minimum atomic E-state index is 0.187. The molecular formula is C12H16ClN5. The maximum Gasteiger partial charge on any atom is 0.183 e. The van der Waals surface area contributed by atoms with Gasteiger partial charge in [-0.1, -0.05) is 25.4 Å². The summed E-state index contributed by atoms with van der Waals surface area (Å²) in [6.07, 6.45) is 0. The van der Waals surface area contributed by atoms with Crippen LogP contribution in [-0.2, 0) is 0 Å². The van der Waals surface area contributed by atoms with E-state index < -0.39 is 0 Å². The smallest absolute Gasteiger partial charge is 0.183 e. The second-order valence-electron chi connectivity index (χ2n) is 4.67. The molecule has 0 spiro atoms. The Labute approximate surface area is 111 Å². The number of nitrogens with two attached hydrogens (primary N) is 1. The van der Waals surface area contributed by atoms with Gasteiger partial charge in [-0.3, -0.25) is 0 Å². The molecule has 0 amide bonds. The normalized spacial score (nSPS) is 12.9. The third-order valence-corrected chi connectivity index (χ3v) is 3.40. The first kappa shape index (κ1) is 12.8. The highest BCUT2D eigenvalue weighted by atomic mass is 35.5. The predicted octanol–water partition coefficient (Wildman–Crippen LogP) is 2.79. The van der Waals surface area contributed by atoms with E-state index in [9.17, 15) is 0 Å². The monoisotopic (exact) mass is 265 g/mol. The van der Waals surface area contributed by atoms with Gasteiger partial charge in [0.05, 0.1) is 11.1 Å². The molecule has 1 atom stereocenters. The van der Waals surface area contributed by atoms with Gasteiger partial charge in [0.2, 0.25) is 0 Å². The molecule has 2 aromatic rings. The van der Waals surface area contributed by atoms with Gasteiger partial charge in [-0.05, 0) is 41.5 Å². The zero-order valence-corrected chi connectivity index (χ0v) is 11.4. The molecule has 0 aliphatic rings. The van der Waals surface area contributed by atoms with Crippen molar-refractivity contribution in [3.8, 4) is 11.4 Å². The maximum atomic E-state index is 6.18. The van der Waals surface area contributed by atoms with Gasteiger partial charge in [-0.2, -0.15) is 0 Å². The molecule has 1 unspecified atom stereocenters. The Morgan fingerprint density at radius 1 is 1.28 bits per heavy atom. The molecule has 0 saturated carbocycles. The molecule has 6 heteroatoms. The minimum absolute atomic E-state index is 0.187. The molecule has 0 fully saturated rings. The van der Waals surface area contributed by atoms with E-state index in [1.807, 2.05) is 0 Å². The Bertz CT molecular complexity index is 549. The molecule has 1 heterocycles. The molecule has 5 nitrogen and oxygen atoms in total. The molecule has 0 aliphatic carbocycles. The van der Waals surface area contributed by atoms with Crippen molar-refractivity contribution in [3.63, 3.8) is 0 Å². The van der Waals surface area contributed by atoms with E-state index in [0.717, 1.165) is 5.56 Å². The molecule has 1 aromatic heterocycles. The lowest BCUT2D eigenvalue weighted by atomic mass is 10.1. The van der Waals surface area contributed by atoms with Crippen LogP contribution in [0.25, 0.3) is 11.4 Å². The van der Waals surface area contributed by atoms with Crippen LogP contribution < -0.4 is 5.73 Å². The first-order chi connectivity index (χ1) is 8.50. The summed E-state index contributed by atoms with van der Waals surface area (Å²) < 4.78 is 1.78. The maximum absolute atomic E-state index is 6.18. The second kappa shape index (κ2) is 4.94. The van der Waals surface area contributed by atoms with E-state index in [4.69, 9.17) is 17.3 Å². The van der Waals surface area contributed by atoms with Crippen LogP contribution in [0.1, 0.15) is 26.8 Å². The predicted molar refractivity (Wildman–Crippen MR) is 72.2 cm³/mol. The van der Waals surface area contributed by atoms with Gasteiger partial charge in [0.25, 0.3) is 0 Å². The van der Waals surface area contributed by atoms with E-state index in [1.165, 1.54) is 0 Å². The first-order valence-corrected chi connectivity index (χ1v) is 6.21. The molecular weight excluding hydrogens is 250 g/mol. The highest BCUT2D eigenvalue weighted by Gasteiger charge is 2.19. The van der Waals surface area contributed by atoms with Crippen LogP contribution in [0.2, 0.25) is 5.02 Å². The molecule has 96 valence electrons. The standard InChI is InChI=1S/C12H16ClN5/c1-7(2)8(3)18-12(15-16-17-18)10-6-9(14)4-5-11(10)13/h4-8H,14H2,1-3H3. The summed E-state index contributed by atoms with van der Waals surface area (Å²) in [5.74, 6) is 1.07. The number of hydrogen-bond donors (Lipinski definition) is 1. The van der Waals surface area contributed by atoms with Gasteiger partial charge in [0.1, 0.15) is 0 Å². The van der Waals surface area contributed by atoms with Crippen LogP contribution in [0, 0.1) is 5.92 Å². The van der Waals surface area contributed by atoms with Crippen LogP contribution >= 0.6 is 11.6 Å². The fourth-order valence-electron chi connectivity index (χ4n) is 1.64. The lowest BCUT2D eigenvalue weighted by Crippen LogP contribution is -2.14. The summed E-state index contributed by atoms with van der Waals surface area (Å²) >= 11 is 6.18. The average Bonchev–Trinajstić information content (AvgIpc) is 2.80. The summed E-state index contributed by atoms with van der Waals surface area (Å²) in [6.45, 7) is 6.32. The van der Waals surface area contributed by atoms with Crippen molar-refractivity contribution < 1.29 is 0 Å². The highest BCUT2D eigenvalue weighted by molar-refractivity contribution is 6.33. The van der Waals surface area contributed by atoms with Gasteiger partial charge in [-0.15, -0.1) is 5.10 Å². The number of halogens is 1. The van der Waals surface area contributed by atoms with Crippen LogP contribution in [0.3, 0.4) is 0 Å². The zero-order chi connectivity index (χ0) is 13.3. The molecule has 0 bridgehead atoms. The molecule has 2 N–H and O–H groups in total. The number of tetrazole rings is 1. The quantitative estimate of drug-likeness (QED) is 0.867. The Kier molecular flexibility index (Phi) is 3.52. The zero-order valence-electron chi connectivity index (χ0n) is 10.6. The summed E-state index contributed by atoms with van der Waals surface area (Å²) in [5.41, 5.74) is 7.18. The molecule has 0 aliphatic heterocycles. The van der Waals surface area contributed by atoms with E-state index in [-0.39, 0.29) is 6.04 Å². The molecule has 0 saturated heterocycles. The van der Waals surface area contributed by atoms with E-state index in [0.29, 0.717) is 22.5 Å². The lowest BCUT2D eigenvalue weighted by molar-refractivity contribution is 0.371.